The van der Waals surface area contributed by atoms with Gasteiger partial charge in [0.25, 0.3) is 0 Å². The van der Waals surface area contributed by atoms with Crippen molar-refractivity contribution < 1.29 is 0 Å². The molecule has 1 aromatic heterocycles. The molecule has 0 bridgehead atoms. The second-order valence-corrected chi connectivity index (χ2v) is 9.18. The highest BCUT2D eigenvalue weighted by Gasteiger charge is 2.28. The lowest BCUT2D eigenvalue weighted by molar-refractivity contribution is 0.258. The molecular formula is C18H31N7S. The number of anilines is 1. The van der Waals surface area contributed by atoms with Crippen molar-refractivity contribution in [3.05, 3.63) is 18.5 Å². The van der Waals surface area contributed by atoms with E-state index in [1.807, 2.05) is 37.3 Å². The van der Waals surface area contributed by atoms with Crippen molar-refractivity contribution in [1.29, 1.82) is 0 Å². The lowest BCUT2D eigenvalue weighted by Crippen LogP contribution is -2.53. The molecule has 1 N–H and O–H groups in total. The van der Waals surface area contributed by atoms with Gasteiger partial charge >= 0.3 is 0 Å². The van der Waals surface area contributed by atoms with Crippen molar-refractivity contribution >= 4 is 23.7 Å². The van der Waals surface area contributed by atoms with Gasteiger partial charge in [-0.2, -0.15) is 11.8 Å². The van der Waals surface area contributed by atoms with E-state index in [9.17, 15) is 0 Å². The molecule has 26 heavy (non-hydrogen) atoms. The quantitative estimate of drug-likeness (QED) is 0.620. The van der Waals surface area contributed by atoms with Crippen LogP contribution in [0.5, 0.6) is 0 Å². The molecule has 3 heterocycles. The third-order valence-corrected chi connectivity index (χ3v) is 6.15. The molecule has 7 nitrogen and oxygen atoms in total. The van der Waals surface area contributed by atoms with Crippen molar-refractivity contribution in [2.75, 3.05) is 70.1 Å². The van der Waals surface area contributed by atoms with E-state index in [-0.39, 0.29) is 0 Å². The maximum absolute atomic E-state index is 4.49. The molecule has 0 unspecified atom stereocenters. The highest BCUT2D eigenvalue weighted by atomic mass is 32.2. The number of aromatic nitrogens is 2. The van der Waals surface area contributed by atoms with Gasteiger partial charge in [-0.1, -0.05) is 0 Å². The molecule has 0 radical (unpaired) electrons. The number of rotatable bonds is 4. The molecule has 0 saturated carbocycles. The number of nitrogens with zero attached hydrogens (tertiary/aromatic N) is 6. The van der Waals surface area contributed by atoms with Crippen molar-refractivity contribution in [3.63, 3.8) is 0 Å². The molecule has 0 aliphatic carbocycles. The Kier molecular flexibility index (Phi) is 6.58. The Morgan fingerprint density at radius 3 is 2.58 bits per heavy atom. The highest BCUT2D eigenvalue weighted by molar-refractivity contribution is 8.00. The fourth-order valence-corrected chi connectivity index (χ4v) is 4.59. The van der Waals surface area contributed by atoms with E-state index in [0.29, 0.717) is 4.75 Å². The Bertz CT molecular complexity index is 584. The average molecular weight is 378 g/mol. The molecule has 0 spiro atoms. The number of hydrogen-bond donors (Lipinski definition) is 1. The molecular weight excluding hydrogens is 346 g/mol. The molecule has 2 saturated heterocycles. The number of aliphatic imine (C=N–C) groups is 1. The molecule has 2 fully saturated rings. The zero-order valence-corrected chi connectivity index (χ0v) is 17.0. The standard InChI is InChI=1S/C18H31N7S/c1-18(2)15-25(13-14-26-18)16(19-3)22-7-8-23-9-11-24(12-10-23)17-20-5-4-6-21-17/h4-6H,7-15H2,1-3H3,(H,19,22). The van der Waals surface area contributed by atoms with Gasteiger partial charge in [0.05, 0.1) is 0 Å². The summed E-state index contributed by atoms with van der Waals surface area (Å²) in [6.45, 7) is 12.8. The summed E-state index contributed by atoms with van der Waals surface area (Å²) < 4.78 is 0.297. The fourth-order valence-electron chi connectivity index (χ4n) is 3.48. The van der Waals surface area contributed by atoms with Gasteiger partial charge in [0.1, 0.15) is 0 Å². The van der Waals surface area contributed by atoms with Crippen LogP contribution >= 0.6 is 11.8 Å². The van der Waals surface area contributed by atoms with Crippen molar-refractivity contribution in [2.24, 2.45) is 4.99 Å². The maximum atomic E-state index is 4.49. The van der Waals surface area contributed by atoms with E-state index in [0.717, 1.165) is 70.0 Å². The van der Waals surface area contributed by atoms with Crippen LogP contribution in [0.2, 0.25) is 0 Å². The zero-order valence-electron chi connectivity index (χ0n) is 16.2. The third-order valence-electron chi connectivity index (χ3n) is 4.86. The van der Waals surface area contributed by atoms with E-state index in [1.165, 1.54) is 0 Å². The molecule has 0 amide bonds. The Labute approximate surface area is 161 Å². The first-order valence-electron chi connectivity index (χ1n) is 9.41. The van der Waals surface area contributed by atoms with E-state index < -0.39 is 0 Å². The summed E-state index contributed by atoms with van der Waals surface area (Å²) in [5, 5.41) is 3.55. The Morgan fingerprint density at radius 2 is 1.92 bits per heavy atom. The number of hydrogen-bond acceptors (Lipinski definition) is 6. The number of thioether (sulfide) groups is 1. The highest BCUT2D eigenvalue weighted by Crippen LogP contribution is 2.29. The Morgan fingerprint density at radius 1 is 1.19 bits per heavy atom. The second-order valence-electron chi connectivity index (χ2n) is 7.38. The number of guanidine groups is 1. The van der Waals surface area contributed by atoms with E-state index in [4.69, 9.17) is 0 Å². The molecule has 3 rings (SSSR count). The van der Waals surface area contributed by atoms with E-state index in [1.54, 1.807) is 0 Å². The summed E-state index contributed by atoms with van der Waals surface area (Å²) in [4.78, 5) is 20.3. The monoisotopic (exact) mass is 377 g/mol. The first-order valence-corrected chi connectivity index (χ1v) is 10.4. The normalized spacial score (nSPS) is 21.7. The van der Waals surface area contributed by atoms with Gasteiger partial charge in [-0.25, -0.2) is 9.97 Å². The lowest BCUT2D eigenvalue weighted by Gasteiger charge is -2.39. The third kappa shape index (κ3) is 5.23. The molecule has 8 heteroatoms. The SMILES string of the molecule is CN=C(NCCN1CCN(c2ncccn2)CC1)N1CCSC(C)(C)C1. The average Bonchev–Trinajstić information content (AvgIpc) is 2.66. The summed E-state index contributed by atoms with van der Waals surface area (Å²) in [5.74, 6) is 3.04. The van der Waals surface area contributed by atoms with Crippen LogP contribution in [0.3, 0.4) is 0 Å². The molecule has 0 atom stereocenters. The largest absolute Gasteiger partial charge is 0.355 e. The van der Waals surface area contributed by atoms with Crippen LogP contribution in [0, 0.1) is 0 Å². The van der Waals surface area contributed by atoms with Gasteiger partial charge in [-0.3, -0.25) is 9.89 Å². The van der Waals surface area contributed by atoms with Crippen LogP contribution < -0.4 is 10.2 Å². The van der Waals surface area contributed by atoms with Crippen LogP contribution in [-0.4, -0.2) is 95.6 Å². The summed E-state index contributed by atoms with van der Waals surface area (Å²) in [6.07, 6.45) is 3.62. The topological polar surface area (TPSA) is 59.9 Å². The lowest BCUT2D eigenvalue weighted by atomic mass is 10.2. The van der Waals surface area contributed by atoms with Gasteiger partial charge in [0.2, 0.25) is 5.95 Å². The second kappa shape index (κ2) is 8.90. The van der Waals surface area contributed by atoms with Gasteiger partial charge in [-0.15, -0.1) is 0 Å². The van der Waals surface area contributed by atoms with Crippen LogP contribution in [0.15, 0.2) is 23.5 Å². The fraction of sp³-hybridized carbons (Fsp3) is 0.722. The molecule has 144 valence electrons. The summed E-state index contributed by atoms with van der Waals surface area (Å²) in [7, 11) is 1.88. The van der Waals surface area contributed by atoms with E-state index in [2.05, 4.69) is 48.8 Å². The van der Waals surface area contributed by atoms with Gasteiger partial charge < -0.3 is 15.1 Å². The predicted molar refractivity (Wildman–Crippen MR) is 110 cm³/mol. The van der Waals surface area contributed by atoms with Crippen LogP contribution in [0.4, 0.5) is 5.95 Å². The summed E-state index contributed by atoms with van der Waals surface area (Å²) in [6, 6.07) is 1.86. The Balaban J connectivity index is 1.40. The van der Waals surface area contributed by atoms with Crippen molar-refractivity contribution in [3.8, 4) is 0 Å². The molecule has 1 aromatic rings. The predicted octanol–water partition coefficient (Wildman–Crippen LogP) is 1.00. The molecule has 0 aromatic carbocycles. The van der Waals surface area contributed by atoms with Gasteiger partial charge in [0.15, 0.2) is 5.96 Å². The first-order chi connectivity index (χ1) is 12.6. The minimum Gasteiger partial charge on any atom is -0.355 e. The molecule has 2 aliphatic rings. The van der Waals surface area contributed by atoms with Crippen LogP contribution in [0.25, 0.3) is 0 Å². The maximum Gasteiger partial charge on any atom is 0.225 e. The summed E-state index contributed by atoms with van der Waals surface area (Å²) in [5.41, 5.74) is 0. The van der Waals surface area contributed by atoms with Crippen molar-refractivity contribution in [2.45, 2.75) is 18.6 Å². The minimum atomic E-state index is 0.297. The zero-order chi connectivity index (χ0) is 18.4. The first kappa shape index (κ1) is 19.2. The Hall–Kier alpha value is -1.54. The van der Waals surface area contributed by atoms with Gasteiger partial charge in [0, 0.05) is 82.3 Å². The van der Waals surface area contributed by atoms with Gasteiger partial charge in [-0.05, 0) is 19.9 Å². The minimum absolute atomic E-state index is 0.297. The molecule has 2 aliphatic heterocycles. The number of piperazine rings is 1. The summed E-state index contributed by atoms with van der Waals surface area (Å²) >= 11 is 2.05. The van der Waals surface area contributed by atoms with Crippen molar-refractivity contribution in [1.82, 2.24) is 25.1 Å². The number of nitrogens with one attached hydrogen (secondary N) is 1. The smallest absolute Gasteiger partial charge is 0.225 e. The van der Waals surface area contributed by atoms with E-state index >= 15 is 0 Å². The van der Waals surface area contributed by atoms with Crippen LogP contribution in [0.1, 0.15) is 13.8 Å². The van der Waals surface area contributed by atoms with Crippen LogP contribution in [-0.2, 0) is 0 Å².